The molecule has 0 spiro atoms. The number of aliphatic carboxylic acids is 2. The van der Waals surface area contributed by atoms with Crippen molar-refractivity contribution in [2.24, 2.45) is 5.92 Å². The highest BCUT2D eigenvalue weighted by molar-refractivity contribution is 5.99. The maximum Gasteiger partial charge on any atom is 0.304 e. The molecule has 1 aromatic rings. The van der Waals surface area contributed by atoms with Crippen LogP contribution in [-0.2, 0) is 9.59 Å². The van der Waals surface area contributed by atoms with Crippen molar-refractivity contribution in [1.29, 1.82) is 0 Å². The van der Waals surface area contributed by atoms with Crippen molar-refractivity contribution in [3.8, 4) is 0 Å². The molecule has 0 aromatic heterocycles. The van der Waals surface area contributed by atoms with Gasteiger partial charge < -0.3 is 15.1 Å². The van der Waals surface area contributed by atoms with E-state index >= 15 is 0 Å². The number of hydrogen-bond acceptors (Lipinski definition) is 4. The third-order valence-electron chi connectivity index (χ3n) is 3.09. The second-order valence-electron chi connectivity index (χ2n) is 4.93. The summed E-state index contributed by atoms with van der Waals surface area (Å²) in [6, 6.07) is 8.52. The molecule has 0 saturated carbocycles. The molecule has 0 aliphatic heterocycles. The first-order valence-electron chi connectivity index (χ1n) is 6.61. The number of carbonyl (C=O) groups is 3. The average molecular weight is 293 g/mol. The Morgan fingerprint density at radius 2 is 1.71 bits per heavy atom. The Morgan fingerprint density at radius 3 is 2.24 bits per heavy atom. The summed E-state index contributed by atoms with van der Waals surface area (Å²) < 4.78 is 0. The third kappa shape index (κ3) is 6.18. The third-order valence-corrected chi connectivity index (χ3v) is 3.09. The van der Waals surface area contributed by atoms with E-state index in [1.54, 1.807) is 42.3 Å². The lowest BCUT2D eigenvalue weighted by Gasteiger charge is -2.21. The molecule has 1 aromatic carbocycles. The van der Waals surface area contributed by atoms with Gasteiger partial charge in [0.05, 0.1) is 12.8 Å². The molecule has 1 rings (SSSR count). The van der Waals surface area contributed by atoms with Gasteiger partial charge in [-0.25, -0.2) is 0 Å². The lowest BCUT2D eigenvalue weighted by atomic mass is 9.94. The largest absolute Gasteiger partial charge is 0.481 e. The summed E-state index contributed by atoms with van der Waals surface area (Å²) in [6.45, 7) is 0.487. The molecule has 0 heterocycles. The summed E-state index contributed by atoms with van der Waals surface area (Å²) in [4.78, 5) is 35.5. The molecule has 0 aliphatic carbocycles. The Labute approximate surface area is 123 Å². The summed E-state index contributed by atoms with van der Waals surface area (Å²) >= 11 is 0. The summed E-state index contributed by atoms with van der Waals surface area (Å²) in [5.41, 5.74) is 0.468. The number of ketones is 1. The van der Waals surface area contributed by atoms with Crippen LogP contribution in [0.4, 0.5) is 0 Å². The SMILES string of the molecule is CN(CCC(=O)O)CC(CC(=O)O)C(=O)c1ccccc1. The van der Waals surface area contributed by atoms with Gasteiger partial charge in [-0.05, 0) is 7.05 Å². The molecular weight excluding hydrogens is 274 g/mol. The van der Waals surface area contributed by atoms with Crippen molar-refractivity contribution in [3.05, 3.63) is 35.9 Å². The van der Waals surface area contributed by atoms with Crippen LogP contribution < -0.4 is 0 Å². The van der Waals surface area contributed by atoms with Crippen LogP contribution in [0, 0.1) is 5.92 Å². The number of carboxylic acid groups (broad SMARTS) is 2. The lowest BCUT2D eigenvalue weighted by Crippen LogP contribution is -2.33. The van der Waals surface area contributed by atoms with Gasteiger partial charge in [-0.3, -0.25) is 14.4 Å². The van der Waals surface area contributed by atoms with E-state index in [1.165, 1.54) is 0 Å². The van der Waals surface area contributed by atoms with Gasteiger partial charge in [0, 0.05) is 24.6 Å². The molecule has 0 fully saturated rings. The van der Waals surface area contributed by atoms with E-state index in [1.807, 2.05) is 0 Å². The molecule has 0 saturated heterocycles. The number of Topliss-reactive ketones (excluding diaryl/α,β-unsaturated/α-hetero) is 1. The zero-order valence-corrected chi connectivity index (χ0v) is 11.9. The van der Waals surface area contributed by atoms with Gasteiger partial charge >= 0.3 is 11.9 Å². The fourth-order valence-electron chi connectivity index (χ4n) is 2.04. The van der Waals surface area contributed by atoms with Crippen LogP contribution in [0.15, 0.2) is 30.3 Å². The van der Waals surface area contributed by atoms with Crippen molar-refractivity contribution in [3.63, 3.8) is 0 Å². The van der Waals surface area contributed by atoms with Crippen LogP contribution in [0.5, 0.6) is 0 Å². The number of hydrogen-bond donors (Lipinski definition) is 2. The molecule has 1 unspecified atom stereocenters. The molecule has 1 atom stereocenters. The second kappa shape index (κ2) is 8.16. The molecule has 0 bridgehead atoms. The highest BCUT2D eigenvalue weighted by atomic mass is 16.4. The number of rotatable bonds is 9. The minimum atomic E-state index is -1.05. The van der Waals surface area contributed by atoms with Gasteiger partial charge in [-0.15, -0.1) is 0 Å². The predicted molar refractivity (Wildman–Crippen MR) is 76.3 cm³/mol. The van der Waals surface area contributed by atoms with E-state index in [0.29, 0.717) is 5.56 Å². The molecule has 2 N–H and O–H groups in total. The van der Waals surface area contributed by atoms with E-state index in [4.69, 9.17) is 10.2 Å². The first kappa shape index (κ1) is 16.8. The topological polar surface area (TPSA) is 94.9 Å². The summed E-state index contributed by atoms with van der Waals surface area (Å²) in [5.74, 6) is -2.90. The van der Waals surface area contributed by atoms with Gasteiger partial charge in [0.15, 0.2) is 5.78 Å². The summed E-state index contributed by atoms with van der Waals surface area (Å²) in [6.07, 6.45) is -0.318. The van der Waals surface area contributed by atoms with Crippen LogP contribution in [0.1, 0.15) is 23.2 Å². The highest BCUT2D eigenvalue weighted by Gasteiger charge is 2.24. The number of nitrogens with zero attached hydrogens (tertiary/aromatic N) is 1. The van der Waals surface area contributed by atoms with Crippen molar-refractivity contribution in [1.82, 2.24) is 4.90 Å². The Balaban J connectivity index is 2.73. The molecule has 114 valence electrons. The van der Waals surface area contributed by atoms with Crippen LogP contribution in [0.3, 0.4) is 0 Å². The van der Waals surface area contributed by atoms with Gasteiger partial charge in [0.2, 0.25) is 0 Å². The molecule has 21 heavy (non-hydrogen) atoms. The molecule has 0 amide bonds. The average Bonchev–Trinajstić information content (AvgIpc) is 2.44. The van der Waals surface area contributed by atoms with E-state index in [-0.39, 0.29) is 31.7 Å². The van der Waals surface area contributed by atoms with Gasteiger partial charge in [0.1, 0.15) is 0 Å². The fourth-order valence-corrected chi connectivity index (χ4v) is 2.04. The Kier molecular flexibility index (Phi) is 6.55. The van der Waals surface area contributed by atoms with Crippen LogP contribution in [0.2, 0.25) is 0 Å². The Morgan fingerprint density at radius 1 is 1.10 bits per heavy atom. The fraction of sp³-hybridized carbons (Fsp3) is 0.400. The van der Waals surface area contributed by atoms with Crippen molar-refractivity contribution < 1.29 is 24.6 Å². The molecular formula is C15H19NO5. The minimum Gasteiger partial charge on any atom is -0.481 e. The normalized spacial score (nSPS) is 12.1. The molecule has 0 radical (unpaired) electrons. The molecule has 6 heteroatoms. The van der Waals surface area contributed by atoms with Crippen molar-refractivity contribution in [2.75, 3.05) is 20.1 Å². The van der Waals surface area contributed by atoms with Crippen LogP contribution in [-0.4, -0.2) is 53.0 Å². The lowest BCUT2D eigenvalue weighted by molar-refractivity contribution is -0.139. The zero-order chi connectivity index (χ0) is 15.8. The van der Waals surface area contributed by atoms with Gasteiger partial charge in [-0.1, -0.05) is 30.3 Å². The first-order valence-corrected chi connectivity index (χ1v) is 6.61. The zero-order valence-electron chi connectivity index (χ0n) is 11.9. The number of carboxylic acids is 2. The maximum absolute atomic E-state index is 12.3. The highest BCUT2D eigenvalue weighted by Crippen LogP contribution is 2.14. The summed E-state index contributed by atoms with van der Waals surface area (Å²) in [5, 5.41) is 17.6. The van der Waals surface area contributed by atoms with Crippen molar-refractivity contribution >= 4 is 17.7 Å². The Bertz CT molecular complexity index is 500. The molecule has 6 nitrogen and oxygen atoms in total. The monoisotopic (exact) mass is 293 g/mol. The van der Waals surface area contributed by atoms with E-state index in [0.717, 1.165) is 0 Å². The summed E-state index contributed by atoms with van der Waals surface area (Å²) in [7, 11) is 1.68. The van der Waals surface area contributed by atoms with E-state index in [9.17, 15) is 14.4 Å². The van der Waals surface area contributed by atoms with E-state index < -0.39 is 17.9 Å². The minimum absolute atomic E-state index is 0.0458. The van der Waals surface area contributed by atoms with Gasteiger partial charge in [0.25, 0.3) is 0 Å². The van der Waals surface area contributed by atoms with Crippen molar-refractivity contribution in [2.45, 2.75) is 12.8 Å². The standard InChI is InChI=1S/C15H19NO5/c1-16(8-7-13(17)18)10-12(9-14(19)20)15(21)11-5-3-2-4-6-11/h2-6,12H,7-10H2,1H3,(H,17,18)(H,19,20). The van der Waals surface area contributed by atoms with Crippen LogP contribution in [0.25, 0.3) is 0 Å². The quantitative estimate of drug-likeness (QED) is 0.668. The van der Waals surface area contributed by atoms with E-state index in [2.05, 4.69) is 0 Å². The van der Waals surface area contributed by atoms with Crippen LogP contribution >= 0.6 is 0 Å². The second-order valence-corrected chi connectivity index (χ2v) is 4.93. The smallest absolute Gasteiger partial charge is 0.304 e. The number of carbonyl (C=O) groups excluding carboxylic acids is 1. The maximum atomic E-state index is 12.3. The van der Waals surface area contributed by atoms with Gasteiger partial charge in [-0.2, -0.15) is 0 Å². The number of benzene rings is 1. The predicted octanol–water partition coefficient (Wildman–Crippen LogP) is 1.37. The molecule has 0 aliphatic rings. The Hall–Kier alpha value is -2.21. The first-order chi connectivity index (χ1) is 9.90.